The molecule has 1 N–H and O–H groups in total. The molecule has 3 rings (SSSR count). The number of anilines is 1. The highest BCUT2D eigenvalue weighted by Gasteiger charge is 2.36. The summed E-state index contributed by atoms with van der Waals surface area (Å²) in [5, 5.41) is 9.29. The van der Waals surface area contributed by atoms with Crippen molar-refractivity contribution in [3.63, 3.8) is 0 Å². The molecule has 0 aliphatic carbocycles. The van der Waals surface area contributed by atoms with Crippen molar-refractivity contribution in [2.24, 2.45) is 0 Å². The van der Waals surface area contributed by atoms with Crippen LogP contribution >= 0.6 is 0 Å². The standard InChI is InChI=1S/C17H13F2NO3/c18-13-6-5-10(7-14(13)19)8-16(21)20-9-12(17(22)23)11-3-1-2-4-15(11)20/h1-7,12H,8-9H2,(H,22,23). The monoisotopic (exact) mass is 317 g/mol. The van der Waals surface area contributed by atoms with E-state index in [1.54, 1.807) is 24.3 Å². The number of benzene rings is 2. The molecule has 1 heterocycles. The fourth-order valence-electron chi connectivity index (χ4n) is 2.77. The van der Waals surface area contributed by atoms with E-state index in [9.17, 15) is 23.5 Å². The van der Waals surface area contributed by atoms with Gasteiger partial charge in [-0.2, -0.15) is 0 Å². The third kappa shape index (κ3) is 2.79. The molecule has 2 aromatic rings. The minimum absolute atomic E-state index is 0.0389. The summed E-state index contributed by atoms with van der Waals surface area (Å²) in [5.74, 6) is -4.12. The number of carboxylic acids is 1. The van der Waals surface area contributed by atoms with Crippen molar-refractivity contribution >= 4 is 17.6 Å². The molecular weight excluding hydrogens is 304 g/mol. The van der Waals surface area contributed by atoms with E-state index in [4.69, 9.17) is 0 Å². The summed E-state index contributed by atoms with van der Waals surface area (Å²) in [7, 11) is 0. The van der Waals surface area contributed by atoms with Gasteiger partial charge in [-0.1, -0.05) is 24.3 Å². The lowest BCUT2D eigenvalue weighted by atomic mass is 10.0. The molecule has 1 unspecified atom stereocenters. The maximum atomic E-state index is 13.2. The fraction of sp³-hybridized carbons (Fsp3) is 0.176. The Labute approximate surface area is 131 Å². The summed E-state index contributed by atoms with van der Waals surface area (Å²) in [4.78, 5) is 25.2. The predicted octanol–water partition coefficient (Wildman–Crippen LogP) is 2.72. The number of aliphatic carboxylic acids is 1. The summed E-state index contributed by atoms with van der Waals surface area (Å²) >= 11 is 0. The van der Waals surface area contributed by atoms with Crippen molar-refractivity contribution in [3.8, 4) is 0 Å². The number of carboxylic acid groups (broad SMARTS) is 1. The van der Waals surface area contributed by atoms with Crippen LogP contribution in [-0.2, 0) is 16.0 Å². The zero-order chi connectivity index (χ0) is 16.6. The van der Waals surface area contributed by atoms with Gasteiger partial charge in [-0.25, -0.2) is 8.78 Å². The van der Waals surface area contributed by atoms with Gasteiger partial charge in [-0.15, -0.1) is 0 Å². The van der Waals surface area contributed by atoms with Crippen molar-refractivity contribution in [2.75, 3.05) is 11.4 Å². The Morgan fingerprint density at radius 1 is 1.13 bits per heavy atom. The highest BCUT2D eigenvalue weighted by molar-refractivity contribution is 5.99. The number of amides is 1. The summed E-state index contributed by atoms with van der Waals surface area (Å²) in [6.07, 6.45) is -0.127. The number of carbonyl (C=O) groups excluding carboxylic acids is 1. The number of hydrogen-bond donors (Lipinski definition) is 1. The molecule has 1 aliphatic heterocycles. The van der Waals surface area contributed by atoms with Gasteiger partial charge in [0.05, 0.1) is 6.42 Å². The Kier molecular flexibility index (Phi) is 3.82. The van der Waals surface area contributed by atoms with Crippen LogP contribution in [0.3, 0.4) is 0 Å². The summed E-state index contributed by atoms with van der Waals surface area (Å²) < 4.78 is 26.2. The Hall–Kier alpha value is -2.76. The molecular formula is C17H13F2NO3. The topological polar surface area (TPSA) is 57.6 Å². The SMILES string of the molecule is O=C(O)C1CN(C(=O)Cc2ccc(F)c(F)c2)c2ccccc21. The molecule has 0 saturated carbocycles. The van der Waals surface area contributed by atoms with Crippen molar-refractivity contribution < 1.29 is 23.5 Å². The molecule has 0 bridgehead atoms. The van der Waals surface area contributed by atoms with E-state index >= 15 is 0 Å². The number of hydrogen-bond acceptors (Lipinski definition) is 2. The summed E-state index contributed by atoms with van der Waals surface area (Å²) in [5.41, 5.74) is 1.47. The molecule has 1 amide bonds. The lowest BCUT2D eigenvalue weighted by Crippen LogP contribution is -2.32. The van der Waals surface area contributed by atoms with E-state index in [2.05, 4.69) is 0 Å². The summed E-state index contributed by atoms with van der Waals surface area (Å²) in [6, 6.07) is 10.1. The molecule has 2 aromatic carbocycles. The van der Waals surface area contributed by atoms with Gasteiger partial charge in [0, 0.05) is 12.2 Å². The van der Waals surface area contributed by atoms with Crippen LogP contribution in [0.15, 0.2) is 42.5 Å². The van der Waals surface area contributed by atoms with Crippen LogP contribution in [0.25, 0.3) is 0 Å². The molecule has 23 heavy (non-hydrogen) atoms. The number of carbonyl (C=O) groups is 2. The molecule has 0 aromatic heterocycles. The first-order valence-corrected chi connectivity index (χ1v) is 7.03. The molecule has 4 nitrogen and oxygen atoms in total. The van der Waals surface area contributed by atoms with Gasteiger partial charge in [0.15, 0.2) is 11.6 Å². The van der Waals surface area contributed by atoms with Gasteiger partial charge in [-0.05, 0) is 29.3 Å². The van der Waals surface area contributed by atoms with Crippen LogP contribution in [0.1, 0.15) is 17.0 Å². The highest BCUT2D eigenvalue weighted by atomic mass is 19.2. The van der Waals surface area contributed by atoms with Crippen LogP contribution in [0.2, 0.25) is 0 Å². The largest absolute Gasteiger partial charge is 0.481 e. The third-order valence-electron chi connectivity index (χ3n) is 3.91. The number of halogens is 2. The molecule has 118 valence electrons. The van der Waals surface area contributed by atoms with Crippen LogP contribution in [0, 0.1) is 11.6 Å². The van der Waals surface area contributed by atoms with Crippen molar-refractivity contribution in [1.29, 1.82) is 0 Å². The van der Waals surface area contributed by atoms with E-state index < -0.39 is 23.5 Å². The first-order chi connectivity index (χ1) is 11.0. The minimum atomic E-state index is -1.01. The van der Waals surface area contributed by atoms with E-state index in [0.717, 1.165) is 12.1 Å². The van der Waals surface area contributed by atoms with E-state index in [-0.39, 0.29) is 18.9 Å². The summed E-state index contributed by atoms with van der Waals surface area (Å²) in [6.45, 7) is 0.0389. The zero-order valence-corrected chi connectivity index (χ0v) is 12.0. The second-order valence-electron chi connectivity index (χ2n) is 5.38. The average Bonchev–Trinajstić information content (AvgIpc) is 2.91. The van der Waals surface area contributed by atoms with Gasteiger partial charge in [-0.3, -0.25) is 9.59 Å². The quantitative estimate of drug-likeness (QED) is 0.947. The van der Waals surface area contributed by atoms with Gasteiger partial charge >= 0.3 is 5.97 Å². The molecule has 0 radical (unpaired) electrons. The Bertz CT molecular complexity index is 791. The molecule has 0 fully saturated rings. The van der Waals surface area contributed by atoms with Gasteiger partial charge in [0.25, 0.3) is 0 Å². The van der Waals surface area contributed by atoms with E-state index in [1.165, 1.54) is 11.0 Å². The Morgan fingerprint density at radius 2 is 1.87 bits per heavy atom. The van der Waals surface area contributed by atoms with Gasteiger partial charge < -0.3 is 10.0 Å². The van der Waals surface area contributed by atoms with Crippen molar-refractivity contribution in [2.45, 2.75) is 12.3 Å². The molecule has 1 aliphatic rings. The van der Waals surface area contributed by atoms with Crippen LogP contribution in [-0.4, -0.2) is 23.5 Å². The average molecular weight is 317 g/mol. The smallest absolute Gasteiger partial charge is 0.312 e. The third-order valence-corrected chi connectivity index (χ3v) is 3.91. The van der Waals surface area contributed by atoms with Crippen LogP contribution in [0.5, 0.6) is 0 Å². The normalized spacial score (nSPS) is 16.3. The second kappa shape index (κ2) is 5.79. The zero-order valence-electron chi connectivity index (χ0n) is 12.0. The number of fused-ring (bicyclic) bond motifs is 1. The van der Waals surface area contributed by atoms with Crippen LogP contribution in [0.4, 0.5) is 14.5 Å². The maximum Gasteiger partial charge on any atom is 0.312 e. The molecule has 0 spiro atoms. The number of rotatable bonds is 3. The number of para-hydroxylation sites is 1. The van der Waals surface area contributed by atoms with Crippen molar-refractivity contribution in [1.82, 2.24) is 0 Å². The lowest BCUT2D eigenvalue weighted by Gasteiger charge is -2.17. The Balaban J connectivity index is 1.85. The highest BCUT2D eigenvalue weighted by Crippen LogP contribution is 2.36. The lowest BCUT2D eigenvalue weighted by molar-refractivity contribution is -0.138. The van der Waals surface area contributed by atoms with Crippen molar-refractivity contribution in [3.05, 3.63) is 65.2 Å². The molecule has 0 saturated heterocycles. The fourth-order valence-corrected chi connectivity index (χ4v) is 2.77. The van der Waals surface area contributed by atoms with Gasteiger partial charge in [0.2, 0.25) is 5.91 Å². The number of nitrogens with zero attached hydrogens (tertiary/aromatic N) is 1. The maximum absolute atomic E-state index is 13.2. The predicted molar refractivity (Wildman–Crippen MR) is 79.2 cm³/mol. The molecule has 1 atom stereocenters. The molecule has 6 heteroatoms. The minimum Gasteiger partial charge on any atom is -0.481 e. The Morgan fingerprint density at radius 3 is 2.57 bits per heavy atom. The first-order valence-electron chi connectivity index (χ1n) is 7.03. The van der Waals surface area contributed by atoms with E-state index in [1.807, 2.05) is 0 Å². The van der Waals surface area contributed by atoms with Gasteiger partial charge in [0.1, 0.15) is 5.92 Å². The van der Waals surface area contributed by atoms with Crippen LogP contribution < -0.4 is 4.90 Å². The first kappa shape index (κ1) is 15.1. The van der Waals surface area contributed by atoms with E-state index in [0.29, 0.717) is 16.8 Å². The second-order valence-corrected chi connectivity index (χ2v) is 5.38.